The minimum Gasteiger partial charge on any atom is -0.476 e. The van der Waals surface area contributed by atoms with E-state index in [4.69, 9.17) is 43.7 Å². The zero-order valence-electron chi connectivity index (χ0n) is 12.3. The van der Waals surface area contributed by atoms with E-state index in [2.05, 4.69) is 5.10 Å². The van der Waals surface area contributed by atoms with E-state index < -0.39 is 15.5 Å². The van der Waals surface area contributed by atoms with Crippen LogP contribution in [0, 0.1) is 5.41 Å². The number of aromatic nitrogens is 2. The van der Waals surface area contributed by atoms with Gasteiger partial charge in [0.15, 0.2) is 10.7 Å². The molecule has 1 saturated carbocycles. The van der Waals surface area contributed by atoms with Gasteiger partial charge in [-0.05, 0) is 18.9 Å². The van der Waals surface area contributed by atoms with Gasteiger partial charge in [-0.3, -0.25) is 0 Å². The number of fused-ring (bicyclic) bond motifs is 1. The fourth-order valence-electron chi connectivity index (χ4n) is 2.79. The molecular formula is C14H13Cl3N2O4S. The Labute approximate surface area is 154 Å². The Balaban J connectivity index is 1.65. The fraction of sp³-hybridized carbons (Fsp3) is 0.500. The second-order valence-electron chi connectivity index (χ2n) is 6.27. The summed E-state index contributed by atoms with van der Waals surface area (Å²) in [6.45, 7) is 1.14. The first kappa shape index (κ1) is 16.6. The van der Waals surface area contributed by atoms with Gasteiger partial charge in [-0.2, -0.15) is 13.5 Å². The second kappa shape index (κ2) is 5.56. The first-order chi connectivity index (χ1) is 11.3. The van der Waals surface area contributed by atoms with E-state index in [1.165, 1.54) is 12.3 Å². The number of allylic oxidation sites excluding steroid dienone is 4. The van der Waals surface area contributed by atoms with Gasteiger partial charge in [0.1, 0.15) is 0 Å². The van der Waals surface area contributed by atoms with Crippen molar-refractivity contribution in [3.05, 3.63) is 28.1 Å². The third kappa shape index (κ3) is 2.81. The maximum Gasteiger partial charge on any atom is 0.346 e. The molecule has 4 rings (SSSR count). The number of nitrogens with zero attached hydrogens (tertiary/aromatic N) is 2. The summed E-state index contributed by atoms with van der Waals surface area (Å²) in [5, 5.41) is 3.86. The average molecular weight is 412 g/mol. The zero-order valence-corrected chi connectivity index (χ0v) is 15.4. The number of hydrogen-bond acceptors (Lipinski definition) is 5. The minimum absolute atomic E-state index is 0.0443. The van der Waals surface area contributed by atoms with E-state index >= 15 is 0 Å². The maximum atomic E-state index is 12.6. The summed E-state index contributed by atoms with van der Waals surface area (Å²) in [5.41, 5.74) is 0.110. The molecule has 0 aromatic carbocycles. The number of alkyl halides is 1. The molecule has 10 heteroatoms. The lowest BCUT2D eigenvalue weighted by Crippen LogP contribution is -2.27. The quantitative estimate of drug-likeness (QED) is 0.563. The molecule has 24 heavy (non-hydrogen) atoms. The summed E-state index contributed by atoms with van der Waals surface area (Å²) < 4.78 is 37.6. The lowest BCUT2D eigenvalue weighted by atomic mass is 10.1. The van der Waals surface area contributed by atoms with Crippen LogP contribution in [-0.4, -0.2) is 30.2 Å². The number of hydrogen-bond donors (Lipinski definition) is 0. The molecule has 0 N–H and O–H groups in total. The van der Waals surface area contributed by atoms with Crippen molar-refractivity contribution in [2.24, 2.45) is 5.41 Å². The minimum atomic E-state index is -4.17. The smallest absolute Gasteiger partial charge is 0.346 e. The number of halogens is 3. The standard InChI is InChI=1S/C14H13Cl3N2O4S/c15-8-3-9(16)12(10(17)4-8)23-24(20,21)11-5-18-19-6-14(1-2-14)7-22-13(11)19/h3,5,10H,1-2,4,6-7H2. The van der Waals surface area contributed by atoms with Crippen LogP contribution in [0.1, 0.15) is 19.3 Å². The van der Waals surface area contributed by atoms with E-state index in [9.17, 15) is 8.42 Å². The molecule has 1 unspecified atom stereocenters. The summed E-state index contributed by atoms with van der Waals surface area (Å²) >= 11 is 18.0. The van der Waals surface area contributed by atoms with Gasteiger partial charge in [0.05, 0.1) is 29.8 Å². The molecule has 1 aromatic heterocycles. The largest absolute Gasteiger partial charge is 0.476 e. The Morgan fingerprint density at radius 1 is 1.38 bits per heavy atom. The highest BCUT2D eigenvalue weighted by atomic mass is 35.5. The van der Waals surface area contributed by atoms with Crippen LogP contribution in [0.4, 0.5) is 0 Å². The van der Waals surface area contributed by atoms with Crippen LogP contribution in [0.15, 0.2) is 33.0 Å². The molecule has 0 saturated heterocycles. The highest BCUT2D eigenvalue weighted by Crippen LogP contribution is 2.50. The molecular weight excluding hydrogens is 399 g/mol. The van der Waals surface area contributed by atoms with Crippen molar-refractivity contribution in [1.29, 1.82) is 0 Å². The molecule has 1 aliphatic heterocycles. The molecule has 1 aromatic rings. The molecule has 0 radical (unpaired) electrons. The molecule has 0 bridgehead atoms. The average Bonchev–Trinajstić information content (AvgIpc) is 3.08. The van der Waals surface area contributed by atoms with Crippen molar-refractivity contribution < 1.29 is 17.3 Å². The summed E-state index contributed by atoms with van der Waals surface area (Å²) in [6, 6.07) is 0. The van der Waals surface area contributed by atoms with Crippen molar-refractivity contribution in [3.8, 4) is 5.88 Å². The third-order valence-electron chi connectivity index (χ3n) is 4.36. The monoisotopic (exact) mass is 410 g/mol. The van der Waals surface area contributed by atoms with Gasteiger partial charge in [0.2, 0.25) is 5.88 Å². The highest BCUT2D eigenvalue weighted by molar-refractivity contribution is 7.87. The Hall–Kier alpha value is -0.890. The zero-order chi connectivity index (χ0) is 17.1. The molecule has 1 atom stereocenters. The topological polar surface area (TPSA) is 70.4 Å². The molecule has 1 spiro atoms. The first-order valence-corrected chi connectivity index (χ1v) is 9.93. The molecule has 2 heterocycles. The van der Waals surface area contributed by atoms with E-state index in [0.717, 1.165) is 12.8 Å². The van der Waals surface area contributed by atoms with Gasteiger partial charge < -0.3 is 8.92 Å². The van der Waals surface area contributed by atoms with Crippen molar-refractivity contribution in [2.75, 3.05) is 6.61 Å². The van der Waals surface area contributed by atoms with Gasteiger partial charge in [-0.15, -0.1) is 11.6 Å². The van der Waals surface area contributed by atoms with Crippen molar-refractivity contribution >= 4 is 44.9 Å². The third-order valence-corrected chi connectivity index (χ3v) is 6.49. The maximum absolute atomic E-state index is 12.6. The van der Waals surface area contributed by atoms with Crippen LogP contribution >= 0.6 is 34.8 Å². The first-order valence-electron chi connectivity index (χ1n) is 7.33. The van der Waals surface area contributed by atoms with Crippen molar-refractivity contribution in [2.45, 2.75) is 36.1 Å². The molecule has 130 valence electrons. The molecule has 3 aliphatic rings. The predicted octanol–water partition coefficient (Wildman–Crippen LogP) is 3.35. The van der Waals surface area contributed by atoms with Crippen molar-refractivity contribution in [3.63, 3.8) is 0 Å². The Kier molecular flexibility index (Phi) is 3.84. The van der Waals surface area contributed by atoms with E-state index in [-0.39, 0.29) is 33.4 Å². The van der Waals surface area contributed by atoms with Gasteiger partial charge >= 0.3 is 10.1 Å². The predicted molar refractivity (Wildman–Crippen MR) is 88.7 cm³/mol. The van der Waals surface area contributed by atoms with Gasteiger partial charge in [-0.25, -0.2) is 4.68 Å². The lowest BCUT2D eigenvalue weighted by Gasteiger charge is -2.24. The normalized spacial score (nSPS) is 25.1. The molecule has 0 amide bonds. The fourth-order valence-corrected chi connectivity index (χ4v) is 5.06. The van der Waals surface area contributed by atoms with E-state index in [1.807, 2.05) is 0 Å². The summed E-state index contributed by atoms with van der Waals surface area (Å²) in [5.74, 6) is 0.150. The van der Waals surface area contributed by atoms with Crippen LogP contribution in [0.2, 0.25) is 0 Å². The number of ether oxygens (including phenoxy) is 1. The van der Waals surface area contributed by atoms with Crippen LogP contribution in [0.3, 0.4) is 0 Å². The van der Waals surface area contributed by atoms with Crippen molar-refractivity contribution in [1.82, 2.24) is 9.78 Å². The summed E-state index contributed by atoms with van der Waals surface area (Å²) in [7, 11) is -4.17. The van der Waals surface area contributed by atoms with Crippen LogP contribution in [0.5, 0.6) is 5.88 Å². The van der Waals surface area contributed by atoms with Gasteiger partial charge in [-0.1, -0.05) is 23.2 Å². The Morgan fingerprint density at radius 3 is 2.79 bits per heavy atom. The van der Waals surface area contributed by atoms with E-state index in [0.29, 0.717) is 18.2 Å². The second-order valence-corrected chi connectivity index (χ2v) is 9.21. The van der Waals surface area contributed by atoms with Crippen LogP contribution in [0.25, 0.3) is 0 Å². The van der Waals surface area contributed by atoms with E-state index in [1.54, 1.807) is 4.68 Å². The lowest BCUT2D eigenvalue weighted by molar-refractivity contribution is 0.144. The van der Waals surface area contributed by atoms with Gasteiger partial charge in [0.25, 0.3) is 0 Å². The van der Waals surface area contributed by atoms with Crippen LogP contribution < -0.4 is 4.74 Å². The number of rotatable bonds is 3. The molecule has 2 aliphatic carbocycles. The SMILES string of the molecule is O=S(=O)(OC1=C(Cl)C=C(Cl)CC1Cl)c1cnn2c1OCC1(CC1)C2. The van der Waals surface area contributed by atoms with Gasteiger partial charge in [0, 0.05) is 16.9 Å². The van der Waals surface area contributed by atoms with Crippen LogP contribution in [-0.2, 0) is 20.8 Å². The highest BCUT2D eigenvalue weighted by Gasteiger charge is 2.48. The molecule has 1 fully saturated rings. The summed E-state index contributed by atoms with van der Waals surface area (Å²) in [6.07, 6.45) is 5.03. The Morgan fingerprint density at radius 2 is 2.12 bits per heavy atom. The Bertz CT molecular complexity index is 871. The molecule has 6 nitrogen and oxygen atoms in total. The summed E-state index contributed by atoms with van der Waals surface area (Å²) in [4.78, 5) is -0.125.